The van der Waals surface area contributed by atoms with Crippen LogP contribution in [0.4, 0.5) is 8.78 Å². The molecule has 0 aliphatic rings. The van der Waals surface area contributed by atoms with E-state index in [1.165, 1.54) is 6.08 Å². The van der Waals surface area contributed by atoms with Crippen LogP contribution in [0.1, 0.15) is 21.5 Å². The number of hydrogen-bond acceptors (Lipinski definition) is 1. The van der Waals surface area contributed by atoms with Crippen molar-refractivity contribution in [2.24, 2.45) is 0 Å². The van der Waals surface area contributed by atoms with E-state index < -0.39 is 17.4 Å². The Labute approximate surface area is 110 Å². The number of halogens is 2. The van der Waals surface area contributed by atoms with Gasteiger partial charge in [-0.05, 0) is 30.7 Å². The highest BCUT2D eigenvalue weighted by Gasteiger charge is 2.09. The van der Waals surface area contributed by atoms with Crippen molar-refractivity contribution in [2.45, 2.75) is 6.92 Å². The van der Waals surface area contributed by atoms with Crippen LogP contribution in [0, 0.1) is 18.6 Å². The summed E-state index contributed by atoms with van der Waals surface area (Å²) in [5.74, 6) is -2.03. The first-order valence-corrected chi connectivity index (χ1v) is 5.80. The molecule has 0 saturated carbocycles. The molecule has 3 heteroatoms. The quantitative estimate of drug-likeness (QED) is 0.596. The van der Waals surface area contributed by atoms with E-state index >= 15 is 0 Å². The molecular formula is C16H12F2O. The molecule has 0 aromatic heterocycles. The van der Waals surface area contributed by atoms with Crippen molar-refractivity contribution in [1.82, 2.24) is 0 Å². The standard InChI is InChI=1S/C16H12F2O/c1-11-3-2-4-12(9-11)5-8-16(19)14-7-6-13(17)10-15(14)18/h2-10H,1H3/b8-5+. The van der Waals surface area contributed by atoms with Crippen molar-refractivity contribution in [3.8, 4) is 0 Å². The number of hydrogen-bond donors (Lipinski definition) is 0. The summed E-state index contributed by atoms with van der Waals surface area (Å²) in [5.41, 5.74) is 1.80. The van der Waals surface area contributed by atoms with Crippen molar-refractivity contribution < 1.29 is 13.6 Å². The van der Waals surface area contributed by atoms with Gasteiger partial charge in [0.1, 0.15) is 11.6 Å². The molecule has 0 heterocycles. The lowest BCUT2D eigenvalue weighted by molar-refractivity contribution is 0.104. The highest BCUT2D eigenvalue weighted by atomic mass is 19.1. The second-order valence-electron chi connectivity index (χ2n) is 4.24. The van der Waals surface area contributed by atoms with Gasteiger partial charge in [0.05, 0.1) is 5.56 Å². The van der Waals surface area contributed by atoms with E-state index in [0.29, 0.717) is 6.07 Å². The van der Waals surface area contributed by atoms with E-state index in [9.17, 15) is 13.6 Å². The SMILES string of the molecule is Cc1cccc(/C=C/C(=O)c2ccc(F)cc2F)c1. The Kier molecular flexibility index (Phi) is 3.85. The molecule has 0 atom stereocenters. The Morgan fingerprint density at radius 3 is 2.58 bits per heavy atom. The molecule has 19 heavy (non-hydrogen) atoms. The topological polar surface area (TPSA) is 17.1 Å². The Morgan fingerprint density at radius 1 is 1.11 bits per heavy atom. The third kappa shape index (κ3) is 3.35. The molecule has 0 aliphatic carbocycles. The predicted molar refractivity (Wildman–Crippen MR) is 70.9 cm³/mol. The number of ketones is 1. The summed E-state index contributed by atoms with van der Waals surface area (Å²) >= 11 is 0. The average Bonchev–Trinajstić information content (AvgIpc) is 2.36. The zero-order valence-electron chi connectivity index (χ0n) is 10.4. The van der Waals surface area contributed by atoms with E-state index in [0.717, 1.165) is 23.3 Å². The predicted octanol–water partition coefficient (Wildman–Crippen LogP) is 4.17. The van der Waals surface area contributed by atoms with E-state index in [2.05, 4.69) is 0 Å². The Bertz CT molecular complexity index is 645. The van der Waals surface area contributed by atoms with Gasteiger partial charge in [0.2, 0.25) is 0 Å². The van der Waals surface area contributed by atoms with E-state index in [1.807, 2.05) is 31.2 Å². The van der Waals surface area contributed by atoms with Crippen LogP contribution in [0.3, 0.4) is 0 Å². The molecular weight excluding hydrogens is 246 g/mol. The summed E-state index contributed by atoms with van der Waals surface area (Å²) < 4.78 is 26.1. The molecule has 0 radical (unpaired) electrons. The molecule has 0 fully saturated rings. The molecule has 96 valence electrons. The maximum Gasteiger partial charge on any atom is 0.188 e. The minimum absolute atomic E-state index is 0.134. The second-order valence-corrected chi connectivity index (χ2v) is 4.24. The molecule has 0 saturated heterocycles. The lowest BCUT2D eigenvalue weighted by Crippen LogP contribution is -1.99. The van der Waals surface area contributed by atoms with Gasteiger partial charge in [-0.2, -0.15) is 0 Å². The summed E-state index contributed by atoms with van der Waals surface area (Å²) in [6.45, 7) is 1.94. The molecule has 0 unspecified atom stereocenters. The average molecular weight is 258 g/mol. The summed E-state index contributed by atoms with van der Waals surface area (Å²) in [6, 6.07) is 10.5. The Hall–Kier alpha value is -2.29. The lowest BCUT2D eigenvalue weighted by atomic mass is 10.1. The molecule has 0 aliphatic heterocycles. The normalized spacial score (nSPS) is 10.9. The van der Waals surface area contributed by atoms with Gasteiger partial charge in [0.15, 0.2) is 5.78 Å². The summed E-state index contributed by atoms with van der Waals surface area (Å²) in [7, 11) is 0. The highest BCUT2D eigenvalue weighted by Crippen LogP contribution is 2.12. The van der Waals surface area contributed by atoms with Crippen molar-refractivity contribution in [3.63, 3.8) is 0 Å². The van der Waals surface area contributed by atoms with Gasteiger partial charge >= 0.3 is 0 Å². The highest BCUT2D eigenvalue weighted by molar-refractivity contribution is 6.06. The van der Waals surface area contributed by atoms with Crippen molar-refractivity contribution >= 4 is 11.9 Å². The van der Waals surface area contributed by atoms with Crippen LogP contribution in [-0.2, 0) is 0 Å². The van der Waals surface area contributed by atoms with Crippen molar-refractivity contribution in [2.75, 3.05) is 0 Å². The first-order valence-electron chi connectivity index (χ1n) is 5.80. The smallest absolute Gasteiger partial charge is 0.188 e. The van der Waals surface area contributed by atoms with Crippen molar-refractivity contribution in [3.05, 3.63) is 76.9 Å². The largest absolute Gasteiger partial charge is 0.289 e. The second kappa shape index (κ2) is 5.57. The number of aryl methyl sites for hydroxylation is 1. The lowest BCUT2D eigenvalue weighted by Gasteiger charge is -1.99. The Morgan fingerprint density at radius 2 is 1.89 bits per heavy atom. The fraction of sp³-hybridized carbons (Fsp3) is 0.0625. The summed E-state index contributed by atoms with van der Waals surface area (Å²) in [5, 5.41) is 0. The molecule has 0 N–H and O–H groups in total. The van der Waals surface area contributed by atoms with Crippen LogP contribution >= 0.6 is 0 Å². The van der Waals surface area contributed by atoms with Gasteiger partial charge in [0, 0.05) is 6.07 Å². The molecule has 0 bridgehead atoms. The molecule has 2 rings (SSSR count). The van der Waals surface area contributed by atoms with Crippen LogP contribution < -0.4 is 0 Å². The fourth-order valence-corrected chi connectivity index (χ4v) is 1.72. The third-order valence-corrected chi connectivity index (χ3v) is 2.67. The van der Waals surface area contributed by atoms with Crippen molar-refractivity contribution in [1.29, 1.82) is 0 Å². The van der Waals surface area contributed by atoms with Gasteiger partial charge in [-0.1, -0.05) is 35.9 Å². The molecule has 2 aromatic carbocycles. The minimum atomic E-state index is -0.848. The van der Waals surface area contributed by atoms with Gasteiger partial charge < -0.3 is 0 Å². The molecule has 2 aromatic rings. The zero-order valence-corrected chi connectivity index (χ0v) is 10.4. The van der Waals surface area contributed by atoms with E-state index in [-0.39, 0.29) is 5.56 Å². The van der Waals surface area contributed by atoms with Crippen LogP contribution in [-0.4, -0.2) is 5.78 Å². The van der Waals surface area contributed by atoms with Gasteiger partial charge in [-0.15, -0.1) is 0 Å². The van der Waals surface area contributed by atoms with Gasteiger partial charge in [-0.25, -0.2) is 8.78 Å². The van der Waals surface area contributed by atoms with E-state index in [1.54, 1.807) is 6.08 Å². The minimum Gasteiger partial charge on any atom is -0.289 e. The number of carbonyl (C=O) groups excluding carboxylic acids is 1. The summed E-state index contributed by atoms with van der Waals surface area (Å²) in [6.07, 6.45) is 2.89. The van der Waals surface area contributed by atoms with Gasteiger partial charge in [-0.3, -0.25) is 4.79 Å². The third-order valence-electron chi connectivity index (χ3n) is 2.67. The fourth-order valence-electron chi connectivity index (χ4n) is 1.72. The maximum absolute atomic E-state index is 13.4. The Balaban J connectivity index is 2.21. The van der Waals surface area contributed by atoms with Gasteiger partial charge in [0.25, 0.3) is 0 Å². The van der Waals surface area contributed by atoms with Crippen LogP contribution in [0.5, 0.6) is 0 Å². The zero-order chi connectivity index (χ0) is 13.8. The number of carbonyl (C=O) groups is 1. The molecule has 1 nitrogen and oxygen atoms in total. The monoisotopic (exact) mass is 258 g/mol. The van der Waals surface area contributed by atoms with Crippen LogP contribution in [0.25, 0.3) is 6.08 Å². The van der Waals surface area contributed by atoms with E-state index in [4.69, 9.17) is 0 Å². The number of rotatable bonds is 3. The first kappa shape index (κ1) is 13.1. The number of benzene rings is 2. The first-order chi connectivity index (χ1) is 9.06. The van der Waals surface area contributed by atoms with Crippen LogP contribution in [0.15, 0.2) is 48.5 Å². The van der Waals surface area contributed by atoms with Crippen LogP contribution in [0.2, 0.25) is 0 Å². The number of allylic oxidation sites excluding steroid dienone is 1. The molecule has 0 amide bonds. The molecule has 0 spiro atoms. The summed E-state index contributed by atoms with van der Waals surface area (Å²) in [4.78, 5) is 11.8. The maximum atomic E-state index is 13.4.